The standard InChI is InChI=1S/C20H23FN2O4S/c1-3-23(13-14-5-4-6-16(21)11-14)20(24)15-7-10-18(27-2)19(12-15)28(25,26)22-17-8-9-17/h4-7,10-12,17,22H,3,8-9,13H2,1-2H3. The molecule has 1 amide bonds. The second kappa shape index (κ2) is 8.28. The van der Waals surface area contributed by atoms with Gasteiger partial charge in [0.1, 0.15) is 16.5 Å². The van der Waals surface area contributed by atoms with Crippen molar-refractivity contribution in [2.75, 3.05) is 13.7 Å². The molecule has 1 saturated carbocycles. The SMILES string of the molecule is CCN(Cc1cccc(F)c1)C(=O)c1ccc(OC)c(S(=O)(=O)NC2CC2)c1. The fraction of sp³-hybridized carbons (Fsp3) is 0.350. The highest BCUT2D eigenvalue weighted by molar-refractivity contribution is 7.89. The molecule has 0 aromatic heterocycles. The summed E-state index contributed by atoms with van der Waals surface area (Å²) in [6.07, 6.45) is 1.61. The molecule has 0 atom stereocenters. The van der Waals surface area contributed by atoms with Crippen LogP contribution in [0.25, 0.3) is 0 Å². The van der Waals surface area contributed by atoms with Crippen molar-refractivity contribution in [1.29, 1.82) is 0 Å². The number of nitrogens with one attached hydrogen (secondary N) is 1. The maximum Gasteiger partial charge on any atom is 0.254 e. The molecule has 1 aliphatic rings. The normalized spacial score (nSPS) is 14.0. The summed E-state index contributed by atoms with van der Waals surface area (Å²) in [6, 6.07) is 10.3. The summed E-state index contributed by atoms with van der Waals surface area (Å²) in [5.74, 6) is -0.528. The summed E-state index contributed by atoms with van der Waals surface area (Å²) in [4.78, 5) is 14.4. The number of halogens is 1. The maximum atomic E-state index is 13.4. The van der Waals surface area contributed by atoms with Gasteiger partial charge in [-0.15, -0.1) is 0 Å². The van der Waals surface area contributed by atoms with Crippen LogP contribution < -0.4 is 9.46 Å². The van der Waals surface area contributed by atoms with Gasteiger partial charge in [0, 0.05) is 24.7 Å². The Bertz CT molecular complexity index is 974. The summed E-state index contributed by atoms with van der Waals surface area (Å²) in [5.41, 5.74) is 0.891. The molecule has 1 N–H and O–H groups in total. The number of ether oxygens (including phenoxy) is 1. The molecule has 0 unspecified atom stereocenters. The Morgan fingerprint density at radius 2 is 2.00 bits per heavy atom. The lowest BCUT2D eigenvalue weighted by Gasteiger charge is -2.22. The molecule has 1 fully saturated rings. The first kappa shape index (κ1) is 20.3. The Kier molecular flexibility index (Phi) is 6.00. The van der Waals surface area contributed by atoms with Crippen molar-refractivity contribution in [3.8, 4) is 5.75 Å². The van der Waals surface area contributed by atoms with E-state index in [-0.39, 0.29) is 40.5 Å². The van der Waals surface area contributed by atoms with Crippen LogP contribution in [0.4, 0.5) is 4.39 Å². The molecule has 28 heavy (non-hydrogen) atoms. The van der Waals surface area contributed by atoms with Crippen LogP contribution in [0.1, 0.15) is 35.7 Å². The molecule has 6 nitrogen and oxygen atoms in total. The van der Waals surface area contributed by atoms with Crippen LogP contribution in [0.5, 0.6) is 5.75 Å². The lowest BCUT2D eigenvalue weighted by atomic mass is 10.1. The second-order valence-electron chi connectivity index (χ2n) is 6.71. The first-order chi connectivity index (χ1) is 13.3. The van der Waals surface area contributed by atoms with Gasteiger partial charge in [-0.2, -0.15) is 0 Å². The molecule has 2 aromatic rings. The monoisotopic (exact) mass is 406 g/mol. The van der Waals surface area contributed by atoms with Crippen molar-refractivity contribution in [3.05, 3.63) is 59.4 Å². The Hall–Kier alpha value is -2.45. The van der Waals surface area contributed by atoms with E-state index in [0.29, 0.717) is 12.1 Å². The summed E-state index contributed by atoms with van der Waals surface area (Å²) in [6.45, 7) is 2.43. The van der Waals surface area contributed by atoms with Gasteiger partial charge >= 0.3 is 0 Å². The Balaban J connectivity index is 1.88. The van der Waals surface area contributed by atoms with E-state index in [1.54, 1.807) is 12.1 Å². The first-order valence-corrected chi connectivity index (χ1v) is 10.6. The van der Waals surface area contributed by atoms with Crippen molar-refractivity contribution >= 4 is 15.9 Å². The summed E-state index contributed by atoms with van der Waals surface area (Å²) in [7, 11) is -2.40. The molecule has 1 aliphatic carbocycles. The average molecular weight is 406 g/mol. The number of nitrogens with zero attached hydrogens (tertiary/aromatic N) is 1. The highest BCUT2D eigenvalue weighted by Crippen LogP contribution is 2.29. The molecule has 0 spiro atoms. The van der Waals surface area contributed by atoms with E-state index in [9.17, 15) is 17.6 Å². The Labute approximate surface area is 164 Å². The average Bonchev–Trinajstić information content (AvgIpc) is 3.48. The van der Waals surface area contributed by atoms with E-state index >= 15 is 0 Å². The lowest BCUT2D eigenvalue weighted by molar-refractivity contribution is 0.0752. The highest BCUT2D eigenvalue weighted by atomic mass is 32.2. The van der Waals surface area contributed by atoms with Crippen LogP contribution in [0, 0.1) is 5.82 Å². The number of amides is 1. The second-order valence-corrected chi connectivity index (χ2v) is 8.39. The Morgan fingerprint density at radius 3 is 2.61 bits per heavy atom. The van der Waals surface area contributed by atoms with Crippen LogP contribution in [0.15, 0.2) is 47.4 Å². The number of hydrogen-bond acceptors (Lipinski definition) is 4. The van der Waals surface area contributed by atoms with Crippen LogP contribution in [0.2, 0.25) is 0 Å². The predicted octanol–water partition coefficient (Wildman–Crippen LogP) is 2.94. The fourth-order valence-electron chi connectivity index (χ4n) is 2.87. The number of carbonyl (C=O) groups excluding carboxylic acids is 1. The third-order valence-electron chi connectivity index (χ3n) is 4.53. The number of benzene rings is 2. The summed E-state index contributed by atoms with van der Waals surface area (Å²) < 4.78 is 46.5. The third kappa shape index (κ3) is 4.69. The lowest BCUT2D eigenvalue weighted by Crippen LogP contribution is -2.31. The van der Waals surface area contributed by atoms with Gasteiger partial charge in [-0.05, 0) is 55.7 Å². The van der Waals surface area contributed by atoms with E-state index in [0.717, 1.165) is 12.8 Å². The maximum absolute atomic E-state index is 13.4. The number of carbonyl (C=O) groups is 1. The molecule has 0 heterocycles. The smallest absolute Gasteiger partial charge is 0.254 e. The van der Waals surface area contributed by atoms with Gasteiger partial charge in [0.05, 0.1) is 7.11 Å². The third-order valence-corrected chi connectivity index (χ3v) is 6.07. The van der Waals surface area contributed by atoms with Gasteiger partial charge in [-0.3, -0.25) is 4.79 Å². The number of rotatable bonds is 8. The van der Waals surface area contributed by atoms with Crippen LogP contribution in [-0.4, -0.2) is 38.9 Å². The van der Waals surface area contributed by atoms with Gasteiger partial charge < -0.3 is 9.64 Å². The molecular weight excluding hydrogens is 383 g/mol. The number of hydrogen-bond donors (Lipinski definition) is 1. The summed E-state index contributed by atoms with van der Waals surface area (Å²) in [5, 5.41) is 0. The van der Waals surface area contributed by atoms with Gasteiger partial charge in [-0.25, -0.2) is 17.5 Å². The van der Waals surface area contributed by atoms with E-state index < -0.39 is 10.0 Å². The highest BCUT2D eigenvalue weighted by Gasteiger charge is 2.30. The van der Waals surface area contributed by atoms with Crippen molar-refractivity contribution < 1.29 is 22.3 Å². The van der Waals surface area contributed by atoms with Gasteiger partial charge in [-0.1, -0.05) is 12.1 Å². The van der Waals surface area contributed by atoms with Crippen molar-refractivity contribution in [3.63, 3.8) is 0 Å². The quantitative estimate of drug-likeness (QED) is 0.731. The van der Waals surface area contributed by atoms with Crippen molar-refractivity contribution in [2.24, 2.45) is 0 Å². The molecule has 150 valence electrons. The van der Waals surface area contributed by atoms with Gasteiger partial charge in [0.2, 0.25) is 10.0 Å². The van der Waals surface area contributed by atoms with Crippen LogP contribution >= 0.6 is 0 Å². The number of methoxy groups -OCH3 is 1. The van der Waals surface area contributed by atoms with Crippen LogP contribution in [0.3, 0.4) is 0 Å². The minimum Gasteiger partial charge on any atom is -0.495 e. The molecule has 2 aromatic carbocycles. The molecular formula is C20H23FN2O4S. The minimum absolute atomic E-state index is 0.0606. The van der Waals surface area contributed by atoms with Gasteiger partial charge in [0.25, 0.3) is 5.91 Å². The zero-order chi connectivity index (χ0) is 20.3. The zero-order valence-corrected chi connectivity index (χ0v) is 16.6. The van der Waals surface area contributed by atoms with Gasteiger partial charge in [0.15, 0.2) is 0 Å². The molecule has 0 radical (unpaired) electrons. The van der Waals surface area contributed by atoms with E-state index in [1.807, 2.05) is 6.92 Å². The summed E-state index contributed by atoms with van der Waals surface area (Å²) >= 11 is 0. The molecule has 3 rings (SSSR count). The Morgan fingerprint density at radius 1 is 1.25 bits per heavy atom. The van der Waals surface area contributed by atoms with E-state index in [4.69, 9.17) is 4.74 Å². The topological polar surface area (TPSA) is 75.7 Å². The largest absolute Gasteiger partial charge is 0.495 e. The molecule has 0 bridgehead atoms. The van der Waals surface area contributed by atoms with Crippen molar-refractivity contribution in [2.45, 2.75) is 37.2 Å². The molecule has 8 heteroatoms. The van der Waals surface area contributed by atoms with Crippen LogP contribution in [-0.2, 0) is 16.6 Å². The van der Waals surface area contributed by atoms with E-state index in [1.165, 1.54) is 42.3 Å². The first-order valence-electron chi connectivity index (χ1n) is 9.08. The van der Waals surface area contributed by atoms with E-state index in [2.05, 4.69) is 4.72 Å². The number of sulfonamides is 1. The fourth-order valence-corrected chi connectivity index (χ4v) is 4.37. The zero-order valence-electron chi connectivity index (χ0n) is 15.8. The molecule has 0 aliphatic heterocycles. The molecule has 0 saturated heterocycles. The van der Waals surface area contributed by atoms with Crippen molar-refractivity contribution in [1.82, 2.24) is 9.62 Å². The minimum atomic E-state index is -3.79. The predicted molar refractivity (Wildman–Crippen MR) is 103 cm³/mol.